The summed E-state index contributed by atoms with van der Waals surface area (Å²) in [4.78, 5) is 0. The predicted octanol–water partition coefficient (Wildman–Crippen LogP) is 3.69. The minimum atomic E-state index is 0.527. The highest BCUT2D eigenvalue weighted by atomic mass is 32.1. The van der Waals surface area contributed by atoms with Crippen molar-refractivity contribution in [1.29, 1.82) is 0 Å². The number of benzene rings is 1. The average molecular weight is 273 g/mol. The molecular weight excluding hydrogens is 254 g/mol. The first-order chi connectivity index (χ1) is 9.06. The van der Waals surface area contributed by atoms with Crippen molar-refractivity contribution in [2.24, 2.45) is 5.10 Å². The number of hydrogen-bond acceptors (Lipinski definition) is 2. The molecule has 19 heavy (non-hydrogen) atoms. The van der Waals surface area contributed by atoms with E-state index in [2.05, 4.69) is 48.8 Å². The van der Waals surface area contributed by atoms with Crippen molar-refractivity contribution in [2.45, 2.75) is 33.6 Å². The molecule has 0 saturated carbocycles. The number of rotatable bonds is 2. The van der Waals surface area contributed by atoms with Crippen molar-refractivity contribution >= 4 is 28.7 Å². The summed E-state index contributed by atoms with van der Waals surface area (Å²) >= 11 is 5.25. The number of hydrogen-bond donors (Lipinski definition) is 2. The van der Waals surface area contributed by atoms with Gasteiger partial charge in [0.1, 0.15) is 0 Å². The van der Waals surface area contributed by atoms with Gasteiger partial charge in [0.15, 0.2) is 5.11 Å². The Morgan fingerprint density at radius 2 is 2.00 bits per heavy atom. The van der Waals surface area contributed by atoms with Crippen LogP contribution >= 0.6 is 12.2 Å². The van der Waals surface area contributed by atoms with Crippen molar-refractivity contribution in [3.05, 3.63) is 41.0 Å². The predicted molar refractivity (Wildman–Crippen MR) is 85.7 cm³/mol. The second kappa shape index (κ2) is 5.97. The lowest BCUT2D eigenvalue weighted by Crippen LogP contribution is -2.25. The lowest BCUT2D eigenvalue weighted by molar-refractivity contribution is 1.00. The van der Waals surface area contributed by atoms with Gasteiger partial charge in [-0.25, -0.2) is 0 Å². The molecule has 2 rings (SSSR count). The molecule has 0 spiro atoms. The van der Waals surface area contributed by atoms with Gasteiger partial charge in [0.2, 0.25) is 0 Å². The van der Waals surface area contributed by atoms with Crippen LogP contribution in [-0.4, -0.2) is 10.8 Å². The summed E-state index contributed by atoms with van der Waals surface area (Å²) in [6.07, 6.45) is 4.19. The van der Waals surface area contributed by atoms with Gasteiger partial charge in [-0.2, -0.15) is 5.10 Å². The first-order valence-corrected chi connectivity index (χ1v) is 6.84. The summed E-state index contributed by atoms with van der Waals surface area (Å²) in [5, 5.41) is 8.01. The fourth-order valence-electron chi connectivity index (χ4n) is 2.00. The summed E-state index contributed by atoms with van der Waals surface area (Å²) in [5.41, 5.74) is 8.80. The Labute approximate surface area is 119 Å². The number of hydrazone groups is 1. The van der Waals surface area contributed by atoms with E-state index in [0.717, 1.165) is 24.2 Å². The van der Waals surface area contributed by atoms with Gasteiger partial charge in [0.05, 0.1) is 5.71 Å². The van der Waals surface area contributed by atoms with Gasteiger partial charge < -0.3 is 5.32 Å². The van der Waals surface area contributed by atoms with E-state index in [0.29, 0.717) is 5.11 Å². The second-order valence-electron chi connectivity index (χ2n) is 4.91. The van der Waals surface area contributed by atoms with E-state index in [1.807, 2.05) is 12.1 Å². The highest BCUT2D eigenvalue weighted by molar-refractivity contribution is 7.80. The SMILES string of the molecule is CC1=C/C(=N/NC(=S)Nc2cccc(C)c2C)CC1. The van der Waals surface area contributed by atoms with Crippen LogP contribution in [0.2, 0.25) is 0 Å². The van der Waals surface area contributed by atoms with Crippen LogP contribution in [-0.2, 0) is 0 Å². The molecule has 0 saturated heterocycles. The van der Waals surface area contributed by atoms with Crippen LogP contribution in [0.5, 0.6) is 0 Å². The Bertz CT molecular complexity index is 559. The molecule has 0 aliphatic heterocycles. The molecule has 0 atom stereocenters. The zero-order valence-corrected chi connectivity index (χ0v) is 12.4. The molecule has 0 amide bonds. The van der Waals surface area contributed by atoms with Crippen LogP contribution in [0.4, 0.5) is 5.69 Å². The van der Waals surface area contributed by atoms with Gasteiger partial charge in [-0.05, 0) is 69.1 Å². The number of nitrogens with one attached hydrogen (secondary N) is 2. The van der Waals surface area contributed by atoms with E-state index in [-0.39, 0.29) is 0 Å². The van der Waals surface area contributed by atoms with Gasteiger partial charge >= 0.3 is 0 Å². The van der Waals surface area contributed by atoms with Crippen molar-refractivity contribution in [3.63, 3.8) is 0 Å². The molecule has 4 heteroatoms. The fourth-order valence-corrected chi connectivity index (χ4v) is 2.16. The van der Waals surface area contributed by atoms with E-state index in [1.54, 1.807) is 0 Å². The number of thiocarbonyl (C=S) groups is 1. The second-order valence-corrected chi connectivity index (χ2v) is 5.32. The third kappa shape index (κ3) is 3.64. The molecular formula is C15H19N3S. The quantitative estimate of drug-likeness (QED) is 0.637. The standard InChI is InChI=1S/C15H19N3S/c1-10-7-8-13(9-10)17-18-15(19)16-14-6-4-5-11(2)12(14)3/h4-6,9H,7-8H2,1-3H3,(H2,16,18,19)/b17-13+. The first kappa shape index (κ1) is 13.7. The van der Waals surface area contributed by atoms with E-state index in [1.165, 1.54) is 16.7 Å². The molecule has 2 N–H and O–H groups in total. The largest absolute Gasteiger partial charge is 0.331 e. The maximum Gasteiger partial charge on any atom is 0.191 e. The summed E-state index contributed by atoms with van der Waals surface area (Å²) in [5.74, 6) is 0. The van der Waals surface area contributed by atoms with E-state index in [9.17, 15) is 0 Å². The maximum absolute atomic E-state index is 5.25. The van der Waals surface area contributed by atoms with Crippen molar-refractivity contribution in [3.8, 4) is 0 Å². The molecule has 1 aliphatic rings. The molecule has 1 aromatic rings. The maximum atomic E-state index is 5.25. The minimum absolute atomic E-state index is 0.527. The van der Waals surface area contributed by atoms with Crippen LogP contribution in [0.1, 0.15) is 30.9 Å². The molecule has 1 aromatic carbocycles. The van der Waals surface area contributed by atoms with Gasteiger partial charge in [-0.3, -0.25) is 5.43 Å². The molecule has 0 unspecified atom stereocenters. The zero-order valence-electron chi connectivity index (χ0n) is 11.6. The van der Waals surface area contributed by atoms with Crippen LogP contribution in [0, 0.1) is 13.8 Å². The van der Waals surface area contributed by atoms with Crippen LogP contribution in [0.15, 0.2) is 34.9 Å². The third-order valence-electron chi connectivity index (χ3n) is 3.34. The molecule has 3 nitrogen and oxygen atoms in total. The molecule has 0 fully saturated rings. The van der Waals surface area contributed by atoms with E-state index >= 15 is 0 Å². The lowest BCUT2D eigenvalue weighted by Gasteiger charge is -2.11. The Morgan fingerprint density at radius 3 is 2.68 bits per heavy atom. The molecule has 0 radical (unpaired) electrons. The van der Waals surface area contributed by atoms with Crippen molar-refractivity contribution in [1.82, 2.24) is 5.43 Å². The van der Waals surface area contributed by atoms with Crippen LogP contribution in [0.25, 0.3) is 0 Å². The van der Waals surface area contributed by atoms with E-state index < -0.39 is 0 Å². The number of aryl methyl sites for hydroxylation is 1. The Kier molecular flexibility index (Phi) is 4.32. The Balaban J connectivity index is 1.97. The molecule has 0 bridgehead atoms. The monoisotopic (exact) mass is 273 g/mol. The fraction of sp³-hybridized carbons (Fsp3) is 0.333. The summed E-state index contributed by atoms with van der Waals surface area (Å²) in [6.45, 7) is 6.29. The topological polar surface area (TPSA) is 36.4 Å². The van der Waals surface area contributed by atoms with Crippen molar-refractivity contribution < 1.29 is 0 Å². The molecule has 0 aromatic heterocycles. The van der Waals surface area contributed by atoms with E-state index in [4.69, 9.17) is 12.2 Å². The highest BCUT2D eigenvalue weighted by Gasteiger charge is 2.07. The lowest BCUT2D eigenvalue weighted by atomic mass is 10.1. The van der Waals surface area contributed by atoms with Crippen molar-refractivity contribution in [2.75, 3.05) is 5.32 Å². The smallest absolute Gasteiger partial charge is 0.191 e. The highest BCUT2D eigenvalue weighted by Crippen LogP contribution is 2.18. The van der Waals surface area contributed by atoms with Crippen LogP contribution in [0.3, 0.4) is 0 Å². The average Bonchev–Trinajstić information content (AvgIpc) is 2.78. The van der Waals surface area contributed by atoms with Gasteiger partial charge in [-0.15, -0.1) is 0 Å². The summed E-state index contributed by atoms with van der Waals surface area (Å²) in [6, 6.07) is 6.12. The molecule has 0 heterocycles. The summed E-state index contributed by atoms with van der Waals surface area (Å²) < 4.78 is 0. The van der Waals surface area contributed by atoms with Gasteiger partial charge in [0, 0.05) is 5.69 Å². The Hall–Kier alpha value is -1.68. The summed E-state index contributed by atoms with van der Waals surface area (Å²) in [7, 11) is 0. The van der Waals surface area contributed by atoms with Crippen LogP contribution < -0.4 is 10.7 Å². The normalized spacial score (nSPS) is 16.4. The molecule has 100 valence electrons. The first-order valence-electron chi connectivity index (χ1n) is 6.43. The third-order valence-corrected chi connectivity index (χ3v) is 3.54. The van der Waals surface area contributed by atoms with Gasteiger partial charge in [-0.1, -0.05) is 17.7 Å². The Morgan fingerprint density at radius 1 is 1.21 bits per heavy atom. The zero-order chi connectivity index (χ0) is 13.8. The molecule has 1 aliphatic carbocycles. The number of allylic oxidation sites excluding steroid dienone is 2. The number of anilines is 1. The number of nitrogens with zero attached hydrogens (tertiary/aromatic N) is 1. The minimum Gasteiger partial charge on any atom is -0.331 e. The van der Waals surface area contributed by atoms with Gasteiger partial charge in [0.25, 0.3) is 0 Å².